The molecule has 0 saturated heterocycles. The zero-order chi connectivity index (χ0) is 15.7. The van der Waals surface area contributed by atoms with Gasteiger partial charge in [0.25, 0.3) is 0 Å². The first kappa shape index (κ1) is 14.9. The summed E-state index contributed by atoms with van der Waals surface area (Å²) >= 11 is 7.52. The van der Waals surface area contributed by atoms with E-state index in [2.05, 4.69) is 4.98 Å². The molecule has 112 valence electrons. The Kier molecular flexibility index (Phi) is 4.09. The second kappa shape index (κ2) is 6.02. The van der Waals surface area contributed by atoms with Crippen LogP contribution in [0, 0.1) is 5.82 Å². The quantitative estimate of drug-likeness (QED) is 0.637. The zero-order valence-electron chi connectivity index (χ0n) is 11.6. The fraction of sp³-hybridized carbons (Fsp3) is 0.125. The number of benzene rings is 2. The highest BCUT2D eigenvalue weighted by Crippen LogP contribution is 2.32. The Bertz CT molecular complexity index is 862. The molecule has 3 aromatic rings. The molecular formula is C16H11ClFNO2S. The number of fused-ring (bicyclic) bond motifs is 1. The minimum atomic E-state index is -0.453. The fourth-order valence-corrected chi connectivity index (χ4v) is 3.29. The maximum atomic E-state index is 13.2. The molecule has 0 spiro atoms. The van der Waals surface area contributed by atoms with Crippen LogP contribution < -0.4 is 0 Å². The summed E-state index contributed by atoms with van der Waals surface area (Å²) in [6.45, 7) is 2.03. The van der Waals surface area contributed by atoms with Gasteiger partial charge in [-0.05, 0) is 37.3 Å². The summed E-state index contributed by atoms with van der Waals surface area (Å²) < 4.78 is 18.9. The van der Waals surface area contributed by atoms with Gasteiger partial charge in [0.1, 0.15) is 10.8 Å². The number of carbonyl (C=O) groups excluding carboxylic acids is 1. The molecule has 0 N–H and O–H groups in total. The predicted octanol–water partition coefficient (Wildman–Crippen LogP) is 4.93. The molecule has 1 heterocycles. The van der Waals surface area contributed by atoms with Crippen molar-refractivity contribution in [2.24, 2.45) is 0 Å². The maximum Gasteiger partial charge on any atom is 0.339 e. The zero-order valence-corrected chi connectivity index (χ0v) is 13.2. The third kappa shape index (κ3) is 2.82. The van der Waals surface area contributed by atoms with E-state index in [4.69, 9.17) is 16.3 Å². The predicted molar refractivity (Wildman–Crippen MR) is 86.0 cm³/mol. The third-order valence-corrected chi connectivity index (χ3v) is 4.44. The van der Waals surface area contributed by atoms with Crippen LogP contribution in [-0.4, -0.2) is 17.6 Å². The lowest BCUT2D eigenvalue weighted by Gasteiger charge is -2.05. The molecule has 1 aromatic heterocycles. The number of hydrogen-bond donors (Lipinski definition) is 0. The van der Waals surface area contributed by atoms with Crippen LogP contribution in [0.2, 0.25) is 5.02 Å². The topological polar surface area (TPSA) is 39.2 Å². The average Bonchev–Trinajstić information content (AvgIpc) is 2.90. The van der Waals surface area contributed by atoms with Crippen molar-refractivity contribution < 1.29 is 13.9 Å². The number of halogens is 2. The standard InChI is InChI=1S/C16H11ClFNO2S/c1-2-21-16(20)11-5-3-9(7-12(11)17)15-19-13-6-4-10(18)8-14(13)22-15/h3-8H,2H2,1H3. The van der Waals surface area contributed by atoms with Crippen molar-refractivity contribution in [1.29, 1.82) is 0 Å². The van der Waals surface area contributed by atoms with E-state index in [0.717, 1.165) is 20.8 Å². The van der Waals surface area contributed by atoms with E-state index in [1.54, 1.807) is 31.2 Å². The molecule has 0 unspecified atom stereocenters. The number of esters is 1. The Morgan fingerprint density at radius 1 is 1.32 bits per heavy atom. The van der Waals surface area contributed by atoms with Crippen molar-refractivity contribution in [2.75, 3.05) is 6.61 Å². The van der Waals surface area contributed by atoms with Gasteiger partial charge in [0, 0.05) is 5.56 Å². The lowest BCUT2D eigenvalue weighted by Crippen LogP contribution is -2.05. The van der Waals surface area contributed by atoms with Gasteiger partial charge in [-0.1, -0.05) is 17.7 Å². The largest absolute Gasteiger partial charge is 0.462 e. The monoisotopic (exact) mass is 335 g/mol. The Morgan fingerprint density at radius 2 is 2.14 bits per heavy atom. The Balaban J connectivity index is 2.00. The minimum Gasteiger partial charge on any atom is -0.462 e. The third-order valence-electron chi connectivity index (χ3n) is 3.06. The van der Waals surface area contributed by atoms with Crippen molar-refractivity contribution in [1.82, 2.24) is 4.98 Å². The van der Waals surface area contributed by atoms with E-state index in [-0.39, 0.29) is 5.82 Å². The highest BCUT2D eigenvalue weighted by molar-refractivity contribution is 7.21. The van der Waals surface area contributed by atoms with Crippen LogP contribution in [0.15, 0.2) is 36.4 Å². The molecule has 0 atom stereocenters. The van der Waals surface area contributed by atoms with E-state index in [9.17, 15) is 9.18 Å². The highest BCUT2D eigenvalue weighted by atomic mass is 35.5. The Labute approximate surface area is 135 Å². The van der Waals surface area contributed by atoms with E-state index >= 15 is 0 Å². The van der Waals surface area contributed by atoms with Gasteiger partial charge in [-0.25, -0.2) is 14.2 Å². The second-order valence-corrected chi connectivity index (χ2v) is 5.98. The van der Waals surface area contributed by atoms with Gasteiger partial charge < -0.3 is 4.74 Å². The molecule has 3 rings (SSSR count). The van der Waals surface area contributed by atoms with E-state index in [1.807, 2.05) is 0 Å². The van der Waals surface area contributed by atoms with Gasteiger partial charge >= 0.3 is 5.97 Å². The maximum absolute atomic E-state index is 13.2. The molecule has 0 fully saturated rings. The molecule has 0 aliphatic rings. The smallest absolute Gasteiger partial charge is 0.339 e. The van der Waals surface area contributed by atoms with Gasteiger partial charge in [-0.15, -0.1) is 11.3 Å². The number of thiazole rings is 1. The first-order valence-corrected chi connectivity index (χ1v) is 7.81. The molecule has 0 aliphatic carbocycles. The molecule has 0 bridgehead atoms. The van der Waals surface area contributed by atoms with Gasteiger partial charge in [0.15, 0.2) is 0 Å². The van der Waals surface area contributed by atoms with Crippen molar-refractivity contribution >= 4 is 39.1 Å². The first-order chi connectivity index (χ1) is 10.6. The number of ether oxygens (including phenoxy) is 1. The Hall–Kier alpha value is -1.98. The number of aromatic nitrogens is 1. The van der Waals surface area contributed by atoms with Gasteiger partial charge in [0.05, 0.1) is 27.4 Å². The van der Waals surface area contributed by atoms with E-state index in [1.165, 1.54) is 23.5 Å². The van der Waals surface area contributed by atoms with Crippen molar-refractivity contribution in [3.63, 3.8) is 0 Å². The van der Waals surface area contributed by atoms with Crippen LogP contribution in [0.5, 0.6) is 0 Å². The Morgan fingerprint density at radius 3 is 2.86 bits per heavy atom. The molecule has 0 aliphatic heterocycles. The number of rotatable bonds is 3. The molecule has 0 radical (unpaired) electrons. The summed E-state index contributed by atoms with van der Waals surface area (Å²) in [4.78, 5) is 16.2. The van der Waals surface area contributed by atoms with Crippen LogP contribution in [0.3, 0.4) is 0 Å². The lowest BCUT2D eigenvalue weighted by atomic mass is 10.1. The van der Waals surface area contributed by atoms with Crippen molar-refractivity contribution in [3.05, 3.63) is 52.8 Å². The van der Waals surface area contributed by atoms with Crippen LogP contribution in [0.1, 0.15) is 17.3 Å². The normalized spacial score (nSPS) is 10.9. The molecule has 22 heavy (non-hydrogen) atoms. The fourth-order valence-electron chi connectivity index (χ4n) is 2.04. The summed E-state index contributed by atoms with van der Waals surface area (Å²) in [5, 5.41) is 1.03. The number of hydrogen-bond acceptors (Lipinski definition) is 4. The SMILES string of the molecule is CCOC(=O)c1ccc(-c2nc3ccc(F)cc3s2)cc1Cl. The molecule has 3 nitrogen and oxygen atoms in total. The number of nitrogens with zero attached hydrogens (tertiary/aromatic N) is 1. The molecule has 0 amide bonds. The van der Waals surface area contributed by atoms with Crippen LogP contribution in [0.4, 0.5) is 4.39 Å². The van der Waals surface area contributed by atoms with Crippen LogP contribution in [0.25, 0.3) is 20.8 Å². The second-order valence-electron chi connectivity index (χ2n) is 4.55. The molecule has 2 aromatic carbocycles. The van der Waals surface area contributed by atoms with Gasteiger partial charge in [0.2, 0.25) is 0 Å². The van der Waals surface area contributed by atoms with E-state index < -0.39 is 5.97 Å². The number of carbonyl (C=O) groups is 1. The minimum absolute atomic E-state index is 0.292. The van der Waals surface area contributed by atoms with Gasteiger partial charge in [-0.2, -0.15) is 0 Å². The summed E-state index contributed by atoms with van der Waals surface area (Å²) in [6.07, 6.45) is 0. The summed E-state index contributed by atoms with van der Waals surface area (Å²) in [5.74, 6) is -0.746. The average molecular weight is 336 g/mol. The van der Waals surface area contributed by atoms with Gasteiger partial charge in [-0.3, -0.25) is 0 Å². The van der Waals surface area contributed by atoms with Crippen molar-refractivity contribution in [2.45, 2.75) is 6.92 Å². The first-order valence-electron chi connectivity index (χ1n) is 6.61. The summed E-state index contributed by atoms with van der Waals surface area (Å²) in [5.41, 5.74) is 1.83. The molecule has 0 saturated carbocycles. The van der Waals surface area contributed by atoms with Crippen LogP contribution in [-0.2, 0) is 4.74 Å². The molecular weight excluding hydrogens is 325 g/mol. The van der Waals surface area contributed by atoms with Crippen molar-refractivity contribution in [3.8, 4) is 10.6 Å². The lowest BCUT2D eigenvalue weighted by molar-refractivity contribution is 0.0526. The summed E-state index contributed by atoms with van der Waals surface area (Å²) in [7, 11) is 0. The molecule has 6 heteroatoms. The highest BCUT2D eigenvalue weighted by Gasteiger charge is 2.14. The summed E-state index contributed by atoms with van der Waals surface area (Å²) in [6, 6.07) is 9.50. The van der Waals surface area contributed by atoms with E-state index in [0.29, 0.717) is 17.2 Å². The van der Waals surface area contributed by atoms with Crippen LogP contribution >= 0.6 is 22.9 Å².